The Balaban J connectivity index is 2.04. The van der Waals surface area contributed by atoms with Gasteiger partial charge in [-0.1, -0.05) is 63.2 Å². The number of amides is 1. The van der Waals surface area contributed by atoms with Crippen LogP contribution >= 0.6 is 0 Å². The first-order valence-electron chi connectivity index (χ1n) is 8.28. The van der Waals surface area contributed by atoms with Gasteiger partial charge in [0, 0.05) is 13.1 Å². The number of carbonyl (C=O) groups is 1. The van der Waals surface area contributed by atoms with Crippen LogP contribution in [0, 0.1) is 5.41 Å². The van der Waals surface area contributed by atoms with Crippen molar-refractivity contribution in [3.05, 3.63) is 60.2 Å². The third-order valence-electron chi connectivity index (χ3n) is 4.61. The van der Waals surface area contributed by atoms with Crippen LogP contribution in [0.4, 0.5) is 16.2 Å². The van der Waals surface area contributed by atoms with Crippen molar-refractivity contribution in [2.45, 2.75) is 33.4 Å². The number of fused-ring (bicyclic) bond motifs is 1. The zero-order valence-electron chi connectivity index (χ0n) is 14.4. The first-order chi connectivity index (χ1) is 11.4. The van der Waals surface area contributed by atoms with Crippen LogP contribution in [0.2, 0.25) is 0 Å². The summed E-state index contributed by atoms with van der Waals surface area (Å²) in [6.45, 7) is 7.76. The Morgan fingerprint density at radius 3 is 2.21 bits per heavy atom. The van der Waals surface area contributed by atoms with E-state index >= 15 is 0 Å². The molecule has 0 fully saturated rings. The number of carboxylic acid groups (broad SMARTS) is 1. The summed E-state index contributed by atoms with van der Waals surface area (Å²) in [5, 5.41) is 9.80. The summed E-state index contributed by atoms with van der Waals surface area (Å²) in [5.41, 5.74) is 2.82. The summed E-state index contributed by atoms with van der Waals surface area (Å²) in [6, 6.07) is 18.0. The Morgan fingerprint density at radius 2 is 1.62 bits per heavy atom. The molecule has 0 saturated heterocycles. The van der Waals surface area contributed by atoms with E-state index in [4.69, 9.17) is 0 Å². The van der Waals surface area contributed by atoms with Gasteiger partial charge >= 0.3 is 6.09 Å². The van der Waals surface area contributed by atoms with Crippen molar-refractivity contribution in [3.63, 3.8) is 0 Å². The summed E-state index contributed by atoms with van der Waals surface area (Å²) in [5.74, 6) is 0. The van der Waals surface area contributed by atoms with Crippen LogP contribution in [0.25, 0.3) is 0 Å². The maximum atomic E-state index is 11.9. The van der Waals surface area contributed by atoms with E-state index < -0.39 is 6.09 Å². The molecule has 24 heavy (non-hydrogen) atoms. The quantitative estimate of drug-likeness (QED) is 0.877. The van der Waals surface area contributed by atoms with Crippen LogP contribution in [-0.4, -0.2) is 23.8 Å². The largest absolute Gasteiger partial charge is 0.465 e. The number of para-hydroxylation sites is 2. The standard InChI is InChI=1S/C20H24N2O2/c1-20(2,3)18-14-21(13-15-9-5-4-6-10-15)16-11-7-8-12-17(16)22(18)19(23)24/h4-12,18H,13-14H2,1-3H3,(H,23,24). The number of anilines is 2. The van der Waals surface area contributed by atoms with Crippen molar-refractivity contribution in [2.75, 3.05) is 16.3 Å². The molecule has 1 unspecified atom stereocenters. The van der Waals surface area contributed by atoms with Gasteiger partial charge < -0.3 is 10.0 Å². The number of hydrogen-bond donors (Lipinski definition) is 1. The van der Waals surface area contributed by atoms with Gasteiger partial charge in [0.15, 0.2) is 0 Å². The third-order valence-corrected chi connectivity index (χ3v) is 4.61. The van der Waals surface area contributed by atoms with Crippen molar-refractivity contribution in [1.82, 2.24) is 0 Å². The maximum absolute atomic E-state index is 11.9. The van der Waals surface area contributed by atoms with Gasteiger partial charge in [-0.05, 0) is 23.1 Å². The second kappa shape index (κ2) is 6.19. The lowest BCUT2D eigenvalue weighted by Gasteiger charge is -2.47. The summed E-state index contributed by atoms with van der Waals surface area (Å²) < 4.78 is 0. The average Bonchev–Trinajstić information content (AvgIpc) is 2.54. The second-order valence-corrected chi connectivity index (χ2v) is 7.39. The molecule has 2 aromatic carbocycles. The minimum Gasteiger partial charge on any atom is -0.465 e. The van der Waals surface area contributed by atoms with Gasteiger partial charge in [0.2, 0.25) is 0 Å². The Morgan fingerprint density at radius 1 is 1.04 bits per heavy atom. The molecule has 1 atom stereocenters. The molecule has 2 aromatic rings. The van der Waals surface area contributed by atoms with E-state index in [1.807, 2.05) is 42.5 Å². The molecule has 4 nitrogen and oxygen atoms in total. The summed E-state index contributed by atoms with van der Waals surface area (Å²) in [6.07, 6.45) is -0.887. The van der Waals surface area contributed by atoms with Crippen LogP contribution in [0.15, 0.2) is 54.6 Å². The zero-order valence-corrected chi connectivity index (χ0v) is 14.4. The van der Waals surface area contributed by atoms with Crippen LogP contribution < -0.4 is 9.80 Å². The van der Waals surface area contributed by atoms with E-state index in [-0.39, 0.29) is 11.5 Å². The van der Waals surface area contributed by atoms with E-state index in [0.29, 0.717) is 6.54 Å². The smallest absolute Gasteiger partial charge is 0.412 e. The van der Waals surface area contributed by atoms with Crippen LogP contribution in [0.5, 0.6) is 0 Å². The van der Waals surface area contributed by atoms with Gasteiger partial charge in [-0.2, -0.15) is 0 Å². The molecule has 4 heteroatoms. The first-order valence-corrected chi connectivity index (χ1v) is 8.28. The zero-order chi connectivity index (χ0) is 17.3. The van der Waals surface area contributed by atoms with E-state index in [0.717, 1.165) is 17.9 Å². The van der Waals surface area contributed by atoms with Crippen molar-refractivity contribution in [2.24, 2.45) is 5.41 Å². The molecule has 1 aliphatic heterocycles. The normalized spacial score (nSPS) is 17.5. The molecule has 0 saturated carbocycles. The molecular formula is C20H24N2O2. The van der Waals surface area contributed by atoms with Gasteiger partial charge in [0.05, 0.1) is 17.4 Å². The minimum atomic E-state index is -0.887. The fourth-order valence-electron chi connectivity index (χ4n) is 3.34. The number of hydrogen-bond acceptors (Lipinski definition) is 2. The van der Waals surface area contributed by atoms with Crippen LogP contribution in [0.1, 0.15) is 26.3 Å². The number of rotatable bonds is 2. The molecule has 0 bridgehead atoms. The molecule has 0 spiro atoms. The first kappa shape index (κ1) is 16.4. The number of nitrogens with zero attached hydrogens (tertiary/aromatic N) is 2. The fraction of sp³-hybridized carbons (Fsp3) is 0.350. The minimum absolute atomic E-state index is 0.103. The monoisotopic (exact) mass is 324 g/mol. The fourth-order valence-corrected chi connectivity index (χ4v) is 3.34. The predicted octanol–water partition coefficient (Wildman–Crippen LogP) is 4.61. The van der Waals surface area contributed by atoms with Crippen LogP contribution in [-0.2, 0) is 6.54 Å². The molecule has 0 aliphatic carbocycles. The summed E-state index contributed by atoms with van der Waals surface area (Å²) >= 11 is 0. The SMILES string of the molecule is CC(C)(C)C1CN(Cc2ccccc2)c2ccccc2N1C(=O)O. The molecule has 0 aromatic heterocycles. The van der Waals surface area contributed by atoms with Gasteiger partial charge in [-0.3, -0.25) is 4.90 Å². The molecule has 0 radical (unpaired) electrons. The highest BCUT2D eigenvalue weighted by atomic mass is 16.4. The lowest BCUT2D eigenvalue weighted by Crippen LogP contribution is -2.56. The van der Waals surface area contributed by atoms with Gasteiger partial charge in [0.25, 0.3) is 0 Å². The lowest BCUT2D eigenvalue weighted by atomic mass is 9.83. The van der Waals surface area contributed by atoms with E-state index in [1.165, 1.54) is 10.5 Å². The number of benzene rings is 2. The third kappa shape index (κ3) is 3.09. The predicted molar refractivity (Wildman–Crippen MR) is 97.7 cm³/mol. The molecule has 3 rings (SSSR count). The molecule has 1 aliphatic rings. The van der Waals surface area contributed by atoms with Crippen molar-refractivity contribution >= 4 is 17.5 Å². The van der Waals surface area contributed by atoms with Gasteiger partial charge in [-0.25, -0.2) is 4.79 Å². The molecular weight excluding hydrogens is 300 g/mol. The second-order valence-electron chi connectivity index (χ2n) is 7.39. The highest BCUT2D eigenvalue weighted by Crippen LogP contribution is 2.41. The van der Waals surface area contributed by atoms with E-state index in [2.05, 4.69) is 37.8 Å². The molecule has 1 amide bonds. The highest BCUT2D eigenvalue weighted by Gasteiger charge is 2.40. The Labute approximate surface area is 143 Å². The van der Waals surface area contributed by atoms with E-state index in [9.17, 15) is 9.90 Å². The Hall–Kier alpha value is -2.49. The Bertz CT molecular complexity index is 722. The topological polar surface area (TPSA) is 43.8 Å². The Kier molecular flexibility index (Phi) is 4.22. The lowest BCUT2D eigenvalue weighted by molar-refractivity contribution is 0.188. The van der Waals surface area contributed by atoms with Gasteiger partial charge in [0.1, 0.15) is 0 Å². The maximum Gasteiger partial charge on any atom is 0.412 e. The van der Waals surface area contributed by atoms with Crippen LogP contribution in [0.3, 0.4) is 0 Å². The van der Waals surface area contributed by atoms with Crippen molar-refractivity contribution < 1.29 is 9.90 Å². The van der Waals surface area contributed by atoms with Gasteiger partial charge in [-0.15, -0.1) is 0 Å². The van der Waals surface area contributed by atoms with Crippen molar-refractivity contribution in [1.29, 1.82) is 0 Å². The summed E-state index contributed by atoms with van der Waals surface area (Å²) in [4.78, 5) is 15.8. The molecule has 126 valence electrons. The van der Waals surface area contributed by atoms with Crippen molar-refractivity contribution in [3.8, 4) is 0 Å². The highest BCUT2D eigenvalue weighted by molar-refractivity contribution is 5.93. The molecule has 1 N–H and O–H groups in total. The summed E-state index contributed by atoms with van der Waals surface area (Å²) in [7, 11) is 0. The average molecular weight is 324 g/mol. The van der Waals surface area contributed by atoms with E-state index in [1.54, 1.807) is 0 Å². The molecule has 1 heterocycles.